The Morgan fingerprint density at radius 1 is 2.00 bits per heavy atom. The van der Waals surface area contributed by atoms with E-state index in [1.54, 1.807) is 6.92 Å². The third-order valence-corrected chi connectivity index (χ3v) is 0.408. The number of hydrogen-bond acceptors (Lipinski definition) is 2. The standard InChI is InChI=1S/C5H8O2/c1-3-7-4-5(2)6/h1,5-6H,4H2,2H3. The van der Waals surface area contributed by atoms with Crippen molar-refractivity contribution in [2.45, 2.75) is 13.0 Å². The first-order valence-corrected chi connectivity index (χ1v) is 2.03. The second-order valence-electron chi connectivity index (χ2n) is 1.28. The molecule has 0 radical (unpaired) electrons. The second-order valence-corrected chi connectivity index (χ2v) is 1.28. The summed E-state index contributed by atoms with van der Waals surface area (Å²) in [6.45, 7) is 1.83. The van der Waals surface area contributed by atoms with Gasteiger partial charge in [-0.2, -0.15) is 0 Å². The summed E-state index contributed by atoms with van der Waals surface area (Å²) in [6.07, 6.45) is 6.17. The normalized spacial score (nSPS) is 12.1. The summed E-state index contributed by atoms with van der Waals surface area (Å²) in [6, 6.07) is 0. The predicted molar refractivity (Wildman–Crippen MR) is 26.5 cm³/mol. The van der Waals surface area contributed by atoms with Crippen LogP contribution in [0.3, 0.4) is 0 Å². The molecule has 0 spiro atoms. The lowest BCUT2D eigenvalue weighted by Crippen LogP contribution is -2.06. The molecule has 40 valence electrons. The van der Waals surface area contributed by atoms with Crippen molar-refractivity contribution in [3.8, 4) is 12.5 Å². The zero-order chi connectivity index (χ0) is 5.70. The molecule has 0 bridgehead atoms. The van der Waals surface area contributed by atoms with Gasteiger partial charge in [-0.1, -0.05) is 6.42 Å². The number of aliphatic hydroxyl groups is 1. The Morgan fingerprint density at radius 2 is 2.57 bits per heavy atom. The fourth-order valence-electron chi connectivity index (χ4n) is 0.169. The first kappa shape index (κ1) is 6.32. The van der Waals surface area contributed by atoms with E-state index in [1.165, 1.54) is 0 Å². The molecule has 0 aliphatic carbocycles. The van der Waals surface area contributed by atoms with E-state index in [0.29, 0.717) is 0 Å². The molecule has 0 amide bonds. The average molecular weight is 100 g/mol. The minimum absolute atomic E-state index is 0.219. The second kappa shape index (κ2) is 3.51. The fraction of sp³-hybridized carbons (Fsp3) is 0.600. The third-order valence-electron chi connectivity index (χ3n) is 0.408. The molecule has 7 heavy (non-hydrogen) atoms. The molecule has 0 aromatic carbocycles. The lowest BCUT2D eigenvalue weighted by molar-refractivity contribution is 0.108. The van der Waals surface area contributed by atoms with Gasteiger partial charge in [0.2, 0.25) is 0 Å². The molecule has 0 aromatic heterocycles. The lowest BCUT2D eigenvalue weighted by atomic mass is 10.5. The summed E-state index contributed by atoms with van der Waals surface area (Å²) in [4.78, 5) is 0. The van der Waals surface area contributed by atoms with Crippen LogP contribution in [0.2, 0.25) is 0 Å². The van der Waals surface area contributed by atoms with Gasteiger partial charge >= 0.3 is 0 Å². The van der Waals surface area contributed by atoms with Crippen LogP contribution < -0.4 is 0 Å². The van der Waals surface area contributed by atoms with E-state index in [2.05, 4.69) is 4.74 Å². The molecule has 2 heteroatoms. The topological polar surface area (TPSA) is 29.5 Å². The van der Waals surface area contributed by atoms with Crippen LogP contribution in [0.25, 0.3) is 0 Å². The monoisotopic (exact) mass is 100 g/mol. The van der Waals surface area contributed by atoms with Crippen LogP contribution in [0.15, 0.2) is 0 Å². The van der Waals surface area contributed by atoms with Crippen molar-refractivity contribution >= 4 is 0 Å². The van der Waals surface area contributed by atoms with Gasteiger partial charge in [0.25, 0.3) is 0 Å². The molecule has 2 nitrogen and oxygen atoms in total. The highest BCUT2D eigenvalue weighted by atomic mass is 16.5. The quantitative estimate of drug-likeness (QED) is 0.494. The molecule has 0 aliphatic heterocycles. The van der Waals surface area contributed by atoms with Gasteiger partial charge in [0.15, 0.2) is 0 Å². The maximum Gasteiger partial charge on any atom is 0.126 e. The van der Waals surface area contributed by atoms with E-state index >= 15 is 0 Å². The van der Waals surface area contributed by atoms with E-state index in [0.717, 1.165) is 0 Å². The van der Waals surface area contributed by atoms with Gasteiger partial charge in [0.1, 0.15) is 12.7 Å². The van der Waals surface area contributed by atoms with Crippen molar-refractivity contribution in [3.63, 3.8) is 0 Å². The summed E-state index contributed by atoms with van der Waals surface area (Å²) in [7, 11) is 0. The summed E-state index contributed by atoms with van der Waals surface area (Å²) < 4.78 is 4.37. The summed E-state index contributed by atoms with van der Waals surface area (Å²) in [5.74, 6) is 0. The molecule has 0 fully saturated rings. The molecule has 0 heterocycles. The molecule has 0 aliphatic rings. The molecular formula is C5H8O2. The van der Waals surface area contributed by atoms with Crippen molar-refractivity contribution < 1.29 is 9.84 Å². The van der Waals surface area contributed by atoms with Gasteiger partial charge in [-0.25, -0.2) is 0 Å². The third kappa shape index (κ3) is 5.32. The van der Waals surface area contributed by atoms with Crippen molar-refractivity contribution in [1.29, 1.82) is 0 Å². The number of ether oxygens (including phenoxy) is 1. The highest BCUT2D eigenvalue weighted by molar-refractivity contribution is 4.68. The largest absolute Gasteiger partial charge is 0.444 e. The van der Waals surface area contributed by atoms with Gasteiger partial charge in [0, 0.05) is 0 Å². The predicted octanol–water partition coefficient (Wildman–Crippen LogP) is -0.0255. The van der Waals surface area contributed by atoms with Gasteiger partial charge in [-0.05, 0) is 6.92 Å². The van der Waals surface area contributed by atoms with Crippen LogP contribution in [-0.2, 0) is 4.74 Å². The van der Waals surface area contributed by atoms with Gasteiger partial charge < -0.3 is 9.84 Å². The van der Waals surface area contributed by atoms with Gasteiger partial charge in [-0.3, -0.25) is 0 Å². The molecule has 0 aromatic rings. The molecule has 0 saturated carbocycles. The Bertz CT molecular complexity index is 70.6. The molecule has 1 N–H and O–H groups in total. The van der Waals surface area contributed by atoms with E-state index in [9.17, 15) is 0 Å². The summed E-state index contributed by atoms with van der Waals surface area (Å²) >= 11 is 0. The Labute approximate surface area is 43.1 Å². The van der Waals surface area contributed by atoms with E-state index < -0.39 is 6.10 Å². The van der Waals surface area contributed by atoms with Crippen LogP contribution in [0.1, 0.15) is 6.92 Å². The Kier molecular flexibility index (Phi) is 3.17. The van der Waals surface area contributed by atoms with Crippen LogP contribution >= 0.6 is 0 Å². The summed E-state index contributed by atoms with van der Waals surface area (Å²) in [5.41, 5.74) is 0. The average Bonchev–Trinajstić information content (AvgIpc) is 1.61. The molecule has 1 atom stereocenters. The number of hydrogen-bond donors (Lipinski definition) is 1. The van der Waals surface area contributed by atoms with Crippen LogP contribution in [0.4, 0.5) is 0 Å². The van der Waals surface area contributed by atoms with Crippen molar-refractivity contribution in [1.82, 2.24) is 0 Å². The number of aliphatic hydroxyl groups excluding tert-OH is 1. The van der Waals surface area contributed by atoms with Crippen molar-refractivity contribution in [2.24, 2.45) is 0 Å². The SMILES string of the molecule is C#COCC(C)O. The van der Waals surface area contributed by atoms with Crippen LogP contribution in [0.5, 0.6) is 0 Å². The minimum atomic E-state index is -0.462. The van der Waals surface area contributed by atoms with Gasteiger partial charge in [0.05, 0.1) is 6.10 Å². The zero-order valence-electron chi connectivity index (χ0n) is 4.22. The van der Waals surface area contributed by atoms with Crippen LogP contribution in [0, 0.1) is 12.5 Å². The Hall–Kier alpha value is -0.680. The lowest BCUT2D eigenvalue weighted by Gasteiger charge is -1.97. The number of terminal acetylenes is 1. The van der Waals surface area contributed by atoms with Crippen molar-refractivity contribution in [2.75, 3.05) is 6.61 Å². The number of rotatable bonds is 2. The van der Waals surface area contributed by atoms with E-state index in [-0.39, 0.29) is 6.61 Å². The van der Waals surface area contributed by atoms with E-state index in [4.69, 9.17) is 11.5 Å². The van der Waals surface area contributed by atoms with E-state index in [1.807, 2.05) is 6.11 Å². The first-order valence-electron chi connectivity index (χ1n) is 2.03. The maximum absolute atomic E-state index is 8.46. The molecule has 0 rings (SSSR count). The Morgan fingerprint density at radius 3 is 2.71 bits per heavy atom. The molecular weight excluding hydrogens is 92.1 g/mol. The van der Waals surface area contributed by atoms with Crippen molar-refractivity contribution in [3.05, 3.63) is 0 Å². The summed E-state index contributed by atoms with van der Waals surface area (Å²) in [5, 5.41) is 8.46. The smallest absolute Gasteiger partial charge is 0.126 e. The Balaban J connectivity index is 2.86. The van der Waals surface area contributed by atoms with Gasteiger partial charge in [-0.15, -0.1) is 0 Å². The highest BCUT2D eigenvalue weighted by Gasteiger charge is 1.89. The molecule has 1 unspecified atom stereocenters. The first-order chi connectivity index (χ1) is 3.27. The minimum Gasteiger partial charge on any atom is -0.444 e. The maximum atomic E-state index is 8.46. The molecule has 0 saturated heterocycles. The fourth-order valence-corrected chi connectivity index (χ4v) is 0.169. The highest BCUT2D eigenvalue weighted by Crippen LogP contribution is 1.77. The van der Waals surface area contributed by atoms with Crippen LogP contribution in [-0.4, -0.2) is 17.8 Å². The zero-order valence-corrected chi connectivity index (χ0v) is 4.22.